The van der Waals surface area contributed by atoms with Crippen LogP contribution in [0, 0.1) is 11.3 Å². The summed E-state index contributed by atoms with van der Waals surface area (Å²) in [7, 11) is 0. The molecule has 0 bridgehead atoms. The van der Waals surface area contributed by atoms with E-state index in [0.717, 1.165) is 18.4 Å². The van der Waals surface area contributed by atoms with Gasteiger partial charge < -0.3 is 5.32 Å². The molecule has 0 amide bonds. The molecule has 0 aromatic heterocycles. The Labute approximate surface area is 98.3 Å². The molecule has 1 N–H and O–H groups in total. The lowest BCUT2D eigenvalue weighted by Gasteiger charge is -2.43. The van der Waals surface area contributed by atoms with Gasteiger partial charge in [0.1, 0.15) is 0 Å². The molecular formula is C15H21N. The van der Waals surface area contributed by atoms with Crippen molar-refractivity contribution in [2.75, 3.05) is 13.1 Å². The van der Waals surface area contributed by atoms with Gasteiger partial charge in [0.05, 0.1) is 0 Å². The first-order chi connectivity index (χ1) is 7.81. The Bertz CT molecular complexity index is 355. The SMILES string of the molecule is CC1(C2CC2)CCNCC1c1ccccc1. The maximum absolute atomic E-state index is 3.57. The van der Waals surface area contributed by atoms with Crippen molar-refractivity contribution in [2.45, 2.75) is 32.1 Å². The van der Waals surface area contributed by atoms with Crippen molar-refractivity contribution < 1.29 is 0 Å². The highest BCUT2D eigenvalue weighted by Gasteiger charge is 2.47. The molecule has 1 nitrogen and oxygen atoms in total. The molecule has 3 rings (SSSR count). The van der Waals surface area contributed by atoms with E-state index in [-0.39, 0.29) is 0 Å². The van der Waals surface area contributed by atoms with E-state index >= 15 is 0 Å². The second kappa shape index (κ2) is 3.89. The van der Waals surface area contributed by atoms with E-state index in [2.05, 4.69) is 42.6 Å². The highest BCUT2D eigenvalue weighted by Crippen LogP contribution is 2.55. The van der Waals surface area contributed by atoms with Gasteiger partial charge in [-0.05, 0) is 42.7 Å². The molecule has 16 heavy (non-hydrogen) atoms. The van der Waals surface area contributed by atoms with E-state index in [1.165, 1.54) is 31.4 Å². The van der Waals surface area contributed by atoms with Gasteiger partial charge in [0.15, 0.2) is 0 Å². The Hall–Kier alpha value is -0.820. The largest absolute Gasteiger partial charge is 0.316 e. The predicted molar refractivity (Wildman–Crippen MR) is 67.5 cm³/mol. The van der Waals surface area contributed by atoms with Crippen LogP contribution in [-0.2, 0) is 0 Å². The molecule has 1 saturated carbocycles. The highest BCUT2D eigenvalue weighted by molar-refractivity contribution is 5.24. The van der Waals surface area contributed by atoms with Crippen molar-refractivity contribution in [1.29, 1.82) is 0 Å². The summed E-state index contributed by atoms with van der Waals surface area (Å²) in [6.07, 6.45) is 4.26. The minimum atomic E-state index is 0.548. The smallest absolute Gasteiger partial charge is 0.00255 e. The third-order valence-corrected chi connectivity index (χ3v) is 4.70. The van der Waals surface area contributed by atoms with Gasteiger partial charge >= 0.3 is 0 Å². The molecular weight excluding hydrogens is 194 g/mol. The molecule has 1 saturated heterocycles. The summed E-state index contributed by atoms with van der Waals surface area (Å²) in [4.78, 5) is 0. The summed E-state index contributed by atoms with van der Waals surface area (Å²) in [5, 5.41) is 3.57. The molecule has 0 spiro atoms. The van der Waals surface area contributed by atoms with Crippen molar-refractivity contribution >= 4 is 0 Å². The molecule has 2 atom stereocenters. The summed E-state index contributed by atoms with van der Waals surface area (Å²) in [6, 6.07) is 11.1. The maximum atomic E-state index is 3.57. The minimum Gasteiger partial charge on any atom is -0.316 e. The van der Waals surface area contributed by atoms with Crippen LogP contribution in [0.15, 0.2) is 30.3 Å². The molecule has 2 aliphatic rings. The van der Waals surface area contributed by atoms with Crippen molar-refractivity contribution in [2.24, 2.45) is 11.3 Å². The summed E-state index contributed by atoms with van der Waals surface area (Å²) in [5.41, 5.74) is 2.08. The monoisotopic (exact) mass is 215 g/mol. The van der Waals surface area contributed by atoms with Gasteiger partial charge in [0.2, 0.25) is 0 Å². The number of benzene rings is 1. The van der Waals surface area contributed by atoms with Crippen molar-refractivity contribution in [3.8, 4) is 0 Å². The summed E-state index contributed by atoms with van der Waals surface area (Å²) in [5.74, 6) is 1.70. The van der Waals surface area contributed by atoms with Crippen LogP contribution in [0.2, 0.25) is 0 Å². The Balaban J connectivity index is 1.91. The van der Waals surface area contributed by atoms with Crippen LogP contribution in [0.3, 0.4) is 0 Å². The zero-order chi connectivity index (χ0) is 11.0. The Morgan fingerprint density at radius 1 is 1.19 bits per heavy atom. The zero-order valence-electron chi connectivity index (χ0n) is 10.1. The zero-order valence-corrected chi connectivity index (χ0v) is 10.1. The van der Waals surface area contributed by atoms with Crippen LogP contribution >= 0.6 is 0 Å². The molecule has 86 valence electrons. The first-order valence-electron chi connectivity index (χ1n) is 6.56. The van der Waals surface area contributed by atoms with Crippen molar-refractivity contribution in [1.82, 2.24) is 5.32 Å². The Morgan fingerprint density at radius 2 is 1.94 bits per heavy atom. The Kier molecular flexibility index (Phi) is 2.51. The van der Waals surface area contributed by atoms with Gasteiger partial charge in [0.25, 0.3) is 0 Å². The van der Waals surface area contributed by atoms with Crippen molar-refractivity contribution in [3.05, 3.63) is 35.9 Å². The lowest BCUT2D eigenvalue weighted by atomic mass is 9.66. The van der Waals surface area contributed by atoms with Crippen LogP contribution in [0.25, 0.3) is 0 Å². The van der Waals surface area contributed by atoms with E-state index < -0.39 is 0 Å². The molecule has 1 aliphatic heterocycles. The first-order valence-corrected chi connectivity index (χ1v) is 6.56. The minimum absolute atomic E-state index is 0.548. The molecule has 1 heteroatoms. The molecule has 2 unspecified atom stereocenters. The van der Waals surface area contributed by atoms with E-state index in [1.54, 1.807) is 0 Å². The molecule has 1 aromatic carbocycles. The van der Waals surface area contributed by atoms with Crippen LogP contribution in [0.5, 0.6) is 0 Å². The van der Waals surface area contributed by atoms with Gasteiger partial charge in [-0.3, -0.25) is 0 Å². The summed E-state index contributed by atoms with van der Waals surface area (Å²) < 4.78 is 0. The number of piperidine rings is 1. The van der Waals surface area contributed by atoms with Crippen LogP contribution in [0.4, 0.5) is 0 Å². The predicted octanol–water partition coefficient (Wildman–Crippen LogP) is 3.18. The van der Waals surface area contributed by atoms with Crippen LogP contribution < -0.4 is 5.32 Å². The molecule has 0 radical (unpaired) electrons. The fraction of sp³-hybridized carbons (Fsp3) is 0.600. The average molecular weight is 215 g/mol. The fourth-order valence-electron chi connectivity index (χ4n) is 3.43. The van der Waals surface area contributed by atoms with Gasteiger partial charge in [-0.2, -0.15) is 0 Å². The number of hydrogen-bond acceptors (Lipinski definition) is 1. The van der Waals surface area contributed by atoms with Crippen LogP contribution in [0.1, 0.15) is 37.7 Å². The summed E-state index contributed by atoms with van der Waals surface area (Å²) in [6.45, 7) is 4.89. The number of hydrogen-bond donors (Lipinski definition) is 1. The molecule has 1 heterocycles. The first kappa shape index (κ1) is 10.3. The fourth-order valence-corrected chi connectivity index (χ4v) is 3.43. The molecule has 1 aliphatic carbocycles. The lowest BCUT2D eigenvalue weighted by molar-refractivity contribution is 0.154. The number of rotatable bonds is 2. The van der Waals surface area contributed by atoms with Gasteiger partial charge in [-0.15, -0.1) is 0 Å². The highest BCUT2D eigenvalue weighted by atomic mass is 14.9. The van der Waals surface area contributed by atoms with Crippen molar-refractivity contribution in [3.63, 3.8) is 0 Å². The van der Waals surface area contributed by atoms with E-state index in [0.29, 0.717) is 5.41 Å². The van der Waals surface area contributed by atoms with Gasteiger partial charge in [-0.25, -0.2) is 0 Å². The quantitative estimate of drug-likeness (QED) is 0.799. The second-order valence-corrected chi connectivity index (χ2v) is 5.70. The average Bonchev–Trinajstić information content (AvgIpc) is 3.15. The third-order valence-electron chi connectivity index (χ3n) is 4.70. The van der Waals surface area contributed by atoms with Gasteiger partial charge in [-0.1, -0.05) is 37.3 Å². The van der Waals surface area contributed by atoms with E-state index in [4.69, 9.17) is 0 Å². The summed E-state index contributed by atoms with van der Waals surface area (Å²) >= 11 is 0. The van der Waals surface area contributed by atoms with E-state index in [1.807, 2.05) is 0 Å². The molecule has 1 aromatic rings. The molecule has 2 fully saturated rings. The Morgan fingerprint density at radius 3 is 2.62 bits per heavy atom. The standard InChI is InChI=1S/C15H21N/c1-15(13-7-8-13)9-10-16-11-14(15)12-5-3-2-4-6-12/h2-6,13-14,16H,7-11H2,1H3. The van der Waals surface area contributed by atoms with E-state index in [9.17, 15) is 0 Å². The van der Waals surface area contributed by atoms with Crippen LogP contribution in [-0.4, -0.2) is 13.1 Å². The topological polar surface area (TPSA) is 12.0 Å². The maximum Gasteiger partial charge on any atom is 0.00255 e. The number of nitrogens with one attached hydrogen (secondary N) is 1. The van der Waals surface area contributed by atoms with Gasteiger partial charge in [0, 0.05) is 12.5 Å². The lowest BCUT2D eigenvalue weighted by Crippen LogP contribution is -2.43. The second-order valence-electron chi connectivity index (χ2n) is 5.70. The third kappa shape index (κ3) is 1.67. The normalized spacial score (nSPS) is 34.9.